The minimum absolute atomic E-state index is 0.144. The second-order valence-electron chi connectivity index (χ2n) is 4.71. The van der Waals surface area contributed by atoms with Gasteiger partial charge >= 0.3 is 0 Å². The monoisotopic (exact) mass is 330 g/mol. The minimum atomic E-state index is -3.45. The number of nitrogens with zero attached hydrogens (tertiary/aromatic N) is 1. The zero-order valence-electron chi connectivity index (χ0n) is 13.0. The fraction of sp³-hybridized carbons (Fsp3) is 0.500. The summed E-state index contributed by atoms with van der Waals surface area (Å²) in [5.41, 5.74) is 0.900. The van der Waals surface area contributed by atoms with E-state index < -0.39 is 10.0 Å². The number of ether oxygens (including phenoxy) is 2. The Labute approximate surface area is 131 Å². The summed E-state index contributed by atoms with van der Waals surface area (Å²) in [5, 5.41) is 2.69. The van der Waals surface area contributed by atoms with Gasteiger partial charge in [0.2, 0.25) is 15.9 Å². The lowest BCUT2D eigenvalue weighted by Crippen LogP contribution is -2.41. The molecule has 0 spiro atoms. The van der Waals surface area contributed by atoms with Gasteiger partial charge in [-0.2, -0.15) is 4.31 Å². The first-order chi connectivity index (χ1) is 10.4. The van der Waals surface area contributed by atoms with Gasteiger partial charge in [-0.15, -0.1) is 0 Å². The molecular formula is C14H22N2O5S. The maximum Gasteiger partial charge on any atom is 0.235 e. The predicted octanol–water partition coefficient (Wildman–Crippen LogP) is 0.219. The molecule has 0 bridgehead atoms. The van der Waals surface area contributed by atoms with E-state index in [-0.39, 0.29) is 25.6 Å². The zero-order chi connectivity index (χ0) is 16.6. The highest BCUT2D eigenvalue weighted by Crippen LogP contribution is 2.10. The molecule has 0 radical (unpaired) electrons. The molecule has 1 aromatic carbocycles. The Morgan fingerprint density at radius 1 is 1.23 bits per heavy atom. The fourth-order valence-corrected chi connectivity index (χ4v) is 2.47. The van der Waals surface area contributed by atoms with E-state index in [4.69, 9.17) is 9.47 Å². The number of hydrogen-bond donors (Lipinski definition) is 1. The molecule has 0 saturated carbocycles. The van der Waals surface area contributed by atoms with Crippen molar-refractivity contribution in [2.24, 2.45) is 0 Å². The number of sulfonamides is 1. The van der Waals surface area contributed by atoms with Gasteiger partial charge in [0.05, 0.1) is 26.5 Å². The van der Waals surface area contributed by atoms with Gasteiger partial charge in [-0.25, -0.2) is 8.42 Å². The minimum Gasteiger partial charge on any atom is -0.497 e. The van der Waals surface area contributed by atoms with Crippen molar-refractivity contribution in [3.8, 4) is 5.75 Å². The molecule has 0 heterocycles. The molecule has 8 heteroatoms. The molecule has 1 rings (SSSR count). The molecular weight excluding hydrogens is 308 g/mol. The van der Waals surface area contributed by atoms with E-state index in [9.17, 15) is 13.2 Å². The number of carbonyl (C=O) groups excluding carboxylic acids is 1. The SMILES string of the molecule is COCCN(CC(=O)NCc1ccc(OC)cc1)S(C)(=O)=O. The second kappa shape index (κ2) is 8.72. The van der Waals surface area contributed by atoms with Crippen molar-refractivity contribution in [3.63, 3.8) is 0 Å². The first-order valence-corrected chi connectivity index (χ1v) is 8.55. The van der Waals surface area contributed by atoms with Crippen LogP contribution in [-0.4, -0.2) is 58.8 Å². The summed E-state index contributed by atoms with van der Waals surface area (Å²) in [7, 11) is -0.392. The van der Waals surface area contributed by atoms with Crippen molar-refractivity contribution in [1.82, 2.24) is 9.62 Å². The molecule has 1 amide bonds. The van der Waals surface area contributed by atoms with Crippen LogP contribution in [0, 0.1) is 0 Å². The van der Waals surface area contributed by atoms with Crippen LogP contribution in [0.4, 0.5) is 0 Å². The van der Waals surface area contributed by atoms with Crippen molar-refractivity contribution in [1.29, 1.82) is 0 Å². The molecule has 0 aliphatic heterocycles. The van der Waals surface area contributed by atoms with Crippen molar-refractivity contribution < 1.29 is 22.7 Å². The van der Waals surface area contributed by atoms with Gasteiger partial charge in [0.25, 0.3) is 0 Å². The molecule has 22 heavy (non-hydrogen) atoms. The van der Waals surface area contributed by atoms with Gasteiger partial charge in [0, 0.05) is 20.2 Å². The lowest BCUT2D eigenvalue weighted by molar-refractivity contribution is -0.121. The van der Waals surface area contributed by atoms with Crippen molar-refractivity contribution in [3.05, 3.63) is 29.8 Å². The molecule has 0 fully saturated rings. The summed E-state index contributed by atoms with van der Waals surface area (Å²) in [6, 6.07) is 7.25. The van der Waals surface area contributed by atoms with Gasteiger partial charge in [-0.3, -0.25) is 4.79 Å². The zero-order valence-corrected chi connectivity index (χ0v) is 13.9. The summed E-state index contributed by atoms with van der Waals surface area (Å²) in [6.07, 6.45) is 1.07. The Bertz CT molecular complexity index is 571. The van der Waals surface area contributed by atoms with Gasteiger partial charge in [-0.1, -0.05) is 12.1 Å². The van der Waals surface area contributed by atoms with E-state index in [1.807, 2.05) is 12.1 Å². The summed E-state index contributed by atoms with van der Waals surface area (Å²) in [6.45, 7) is 0.479. The van der Waals surface area contributed by atoms with Gasteiger partial charge < -0.3 is 14.8 Å². The fourth-order valence-electron chi connectivity index (χ4n) is 1.72. The van der Waals surface area contributed by atoms with E-state index >= 15 is 0 Å². The van der Waals surface area contributed by atoms with E-state index in [2.05, 4.69) is 5.32 Å². The number of hydrogen-bond acceptors (Lipinski definition) is 5. The first-order valence-electron chi connectivity index (χ1n) is 6.70. The molecule has 0 aliphatic rings. The number of methoxy groups -OCH3 is 2. The maximum absolute atomic E-state index is 11.9. The van der Waals surface area contributed by atoms with Crippen LogP contribution >= 0.6 is 0 Å². The Hall–Kier alpha value is -1.64. The first kappa shape index (κ1) is 18.4. The van der Waals surface area contributed by atoms with Crippen LogP contribution in [0.3, 0.4) is 0 Å². The maximum atomic E-state index is 11.9. The van der Waals surface area contributed by atoms with Crippen molar-refractivity contribution in [2.45, 2.75) is 6.54 Å². The largest absolute Gasteiger partial charge is 0.497 e. The molecule has 0 aromatic heterocycles. The lowest BCUT2D eigenvalue weighted by atomic mass is 10.2. The van der Waals surface area contributed by atoms with Crippen LogP contribution < -0.4 is 10.1 Å². The van der Waals surface area contributed by atoms with E-state index in [1.54, 1.807) is 19.2 Å². The highest BCUT2D eigenvalue weighted by Gasteiger charge is 2.19. The molecule has 7 nitrogen and oxygen atoms in total. The molecule has 0 saturated heterocycles. The summed E-state index contributed by atoms with van der Waals surface area (Å²) < 4.78 is 34.2. The highest BCUT2D eigenvalue weighted by molar-refractivity contribution is 7.88. The van der Waals surface area contributed by atoms with E-state index in [1.165, 1.54) is 7.11 Å². The Morgan fingerprint density at radius 3 is 2.36 bits per heavy atom. The third kappa shape index (κ3) is 6.42. The third-order valence-corrected chi connectivity index (χ3v) is 4.23. The normalized spacial score (nSPS) is 11.5. The number of amides is 1. The van der Waals surface area contributed by atoms with Gasteiger partial charge in [0.1, 0.15) is 5.75 Å². The van der Waals surface area contributed by atoms with Gasteiger partial charge in [-0.05, 0) is 17.7 Å². The summed E-state index contributed by atoms with van der Waals surface area (Å²) >= 11 is 0. The van der Waals surface area contributed by atoms with Crippen LogP contribution in [0.1, 0.15) is 5.56 Å². The topological polar surface area (TPSA) is 84.9 Å². The summed E-state index contributed by atoms with van der Waals surface area (Å²) in [5.74, 6) is 0.371. The van der Waals surface area contributed by atoms with Crippen LogP contribution in [0.5, 0.6) is 5.75 Å². The molecule has 1 aromatic rings. The van der Waals surface area contributed by atoms with Crippen LogP contribution in [0.25, 0.3) is 0 Å². The van der Waals surface area contributed by atoms with Crippen molar-refractivity contribution >= 4 is 15.9 Å². The Balaban J connectivity index is 2.52. The van der Waals surface area contributed by atoms with Gasteiger partial charge in [0.15, 0.2) is 0 Å². The lowest BCUT2D eigenvalue weighted by Gasteiger charge is -2.19. The summed E-state index contributed by atoms with van der Waals surface area (Å²) in [4.78, 5) is 11.9. The average Bonchev–Trinajstić information content (AvgIpc) is 2.48. The van der Waals surface area contributed by atoms with Crippen molar-refractivity contribution in [2.75, 3.05) is 40.2 Å². The Morgan fingerprint density at radius 2 is 1.86 bits per heavy atom. The molecule has 0 atom stereocenters. The van der Waals surface area contributed by atoms with Crippen LogP contribution in [-0.2, 0) is 26.1 Å². The molecule has 0 aliphatic carbocycles. The number of rotatable bonds is 9. The highest BCUT2D eigenvalue weighted by atomic mass is 32.2. The van der Waals surface area contributed by atoms with E-state index in [0.717, 1.165) is 21.9 Å². The van der Waals surface area contributed by atoms with E-state index in [0.29, 0.717) is 6.54 Å². The molecule has 1 N–H and O–H groups in total. The average molecular weight is 330 g/mol. The quantitative estimate of drug-likeness (QED) is 0.700. The van der Waals surface area contributed by atoms with Crippen LogP contribution in [0.2, 0.25) is 0 Å². The number of carbonyl (C=O) groups is 1. The Kier molecular flexibility index (Phi) is 7.30. The third-order valence-electron chi connectivity index (χ3n) is 2.98. The number of benzene rings is 1. The van der Waals surface area contributed by atoms with Crippen LogP contribution in [0.15, 0.2) is 24.3 Å². The predicted molar refractivity (Wildman–Crippen MR) is 83.1 cm³/mol. The molecule has 124 valence electrons. The standard InChI is InChI=1S/C14H22N2O5S/c1-20-9-8-16(22(3,18)19)11-14(17)15-10-12-4-6-13(21-2)7-5-12/h4-7H,8-11H2,1-3H3,(H,15,17). The molecule has 0 unspecified atom stereocenters. The smallest absolute Gasteiger partial charge is 0.235 e. The number of nitrogens with one attached hydrogen (secondary N) is 1. The second-order valence-corrected chi connectivity index (χ2v) is 6.70.